The number of carbonyl (C=O) groups excluding carboxylic acids is 1. The van der Waals surface area contributed by atoms with Crippen molar-refractivity contribution in [2.75, 3.05) is 19.6 Å². The Morgan fingerprint density at radius 3 is 2.69 bits per heavy atom. The third-order valence-corrected chi connectivity index (χ3v) is 5.31. The van der Waals surface area contributed by atoms with Gasteiger partial charge in [-0.1, -0.05) is 11.6 Å². The number of fused-ring (bicyclic) bond motifs is 1. The van der Waals surface area contributed by atoms with Gasteiger partial charge in [-0.15, -0.1) is 22.6 Å². The molecule has 140 valence electrons. The first-order valence-electron chi connectivity index (χ1n) is 8.81. The highest BCUT2D eigenvalue weighted by atomic mass is 35.5. The molecule has 3 heterocycles. The Bertz CT molecular complexity index is 779. The van der Waals surface area contributed by atoms with E-state index in [4.69, 9.17) is 11.6 Å². The van der Waals surface area contributed by atoms with E-state index in [9.17, 15) is 4.79 Å². The van der Waals surface area contributed by atoms with Gasteiger partial charge in [0.1, 0.15) is 11.6 Å². The van der Waals surface area contributed by atoms with Gasteiger partial charge in [0.05, 0.1) is 6.54 Å². The smallest absolute Gasteiger partial charge is 0.253 e. The van der Waals surface area contributed by atoms with E-state index in [0.717, 1.165) is 62.8 Å². The van der Waals surface area contributed by atoms with E-state index in [0.29, 0.717) is 16.5 Å². The topological polar surface area (TPSA) is 63.1 Å². The van der Waals surface area contributed by atoms with Crippen LogP contribution >= 0.6 is 24.0 Å². The molecule has 1 amide bonds. The van der Waals surface area contributed by atoms with E-state index in [1.165, 1.54) is 0 Å². The van der Waals surface area contributed by atoms with Gasteiger partial charge in [0.2, 0.25) is 0 Å². The van der Waals surface area contributed by atoms with Crippen molar-refractivity contribution in [2.24, 2.45) is 0 Å². The second-order valence-corrected chi connectivity index (χ2v) is 7.32. The highest BCUT2D eigenvalue weighted by Crippen LogP contribution is 2.29. The zero-order chi connectivity index (χ0) is 17.4. The summed E-state index contributed by atoms with van der Waals surface area (Å²) < 4.78 is 2.25. The average Bonchev–Trinajstić information content (AvgIpc) is 3.04. The Morgan fingerprint density at radius 1 is 1.19 bits per heavy atom. The number of nitrogens with zero attached hydrogens (tertiary/aromatic N) is 4. The molecule has 4 rings (SSSR count). The van der Waals surface area contributed by atoms with Crippen molar-refractivity contribution in [1.82, 2.24) is 25.0 Å². The van der Waals surface area contributed by atoms with E-state index >= 15 is 0 Å². The SMILES string of the molecule is Cc1cc(Cl)cc(C(=O)N2CCC(c3nnc4n3CCNC4)CC2)c1.Cl. The van der Waals surface area contributed by atoms with Crippen molar-refractivity contribution in [3.8, 4) is 0 Å². The summed E-state index contributed by atoms with van der Waals surface area (Å²) in [6, 6.07) is 5.53. The first-order valence-corrected chi connectivity index (χ1v) is 9.19. The minimum Gasteiger partial charge on any atom is -0.339 e. The zero-order valence-electron chi connectivity index (χ0n) is 14.7. The number of aryl methyl sites for hydroxylation is 1. The third kappa shape index (κ3) is 3.72. The lowest BCUT2D eigenvalue weighted by atomic mass is 9.95. The summed E-state index contributed by atoms with van der Waals surface area (Å²) in [6.45, 7) is 6.13. The van der Waals surface area contributed by atoms with Crippen LogP contribution in [-0.2, 0) is 13.1 Å². The molecular formula is C18H23Cl2N5O. The summed E-state index contributed by atoms with van der Waals surface area (Å²) in [5.74, 6) is 2.55. The minimum atomic E-state index is 0. The monoisotopic (exact) mass is 395 g/mol. The standard InChI is InChI=1S/C18H22ClN5O.ClH/c1-12-8-14(10-15(19)9-12)18(25)23-5-2-13(3-6-23)17-22-21-16-11-20-4-7-24(16)17;/h8-10,13,20H,2-7,11H2,1H3;1H. The van der Waals surface area contributed by atoms with Gasteiger partial charge in [0.15, 0.2) is 0 Å². The summed E-state index contributed by atoms with van der Waals surface area (Å²) in [7, 11) is 0. The Kier molecular flexibility index (Phi) is 5.85. The third-order valence-electron chi connectivity index (χ3n) is 5.09. The normalized spacial score (nSPS) is 17.5. The summed E-state index contributed by atoms with van der Waals surface area (Å²) in [6.07, 6.45) is 1.85. The molecule has 2 aliphatic rings. The molecule has 0 bridgehead atoms. The molecule has 0 spiro atoms. The highest BCUT2D eigenvalue weighted by Gasteiger charge is 2.29. The number of carbonyl (C=O) groups is 1. The molecule has 0 saturated carbocycles. The van der Waals surface area contributed by atoms with Crippen LogP contribution in [0.3, 0.4) is 0 Å². The molecule has 0 unspecified atom stereocenters. The highest BCUT2D eigenvalue weighted by molar-refractivity contribution is 6.31. The number of piperidine rings is 1. The quantitative estimate of drug-likeness (QED) is 0.848. The van der Waals surface area contributed by atoms with E-state index in [2.05, 4.69) is 20.1 Å². The maximum atomic E-state index is 12.8. The van der Waals surface area contributed by atoms with Crippen LogP contribution in [0.25, 0.3) is 0 Å². The second kappa shape index (κ2) is 7.94. The van der Waals surface area contributed by atoms with Crippen molar-refractivity contribution in [1.29, 1.82) is 0 Å². The minimum absolute atomic E-state index is 0. The molecular weight excluding hydrogens is 373 g/mol. The molecule has 2 aliphatic heterocycles. The number of nitrogens with one attached hydrogen (secondary N) is 1. The fourth-order valence-corrected chi connectivity index (χ4v) is 4.09. The molecule has 1 aromatic heterocycles. The molecule has 1 N–H and O–H groups in total. The van der Waals surface area contributed by atoms with Crippen molar-refractivity contribution < 1.29 is 4.79 Å². The maximum Gasteiger partial charge on any atom is 0.253 e. The Labute approximate surface area is 164 Å². The number of amides is 1. The van der Waals surface area contributed by atoms with E-state index in [1.54, 1.807) is 6.07 Å². The zero-order valence-corrected chi connectivity index (χ0v) is 16.3. The number of hydrogen-bond acceptors (Lipinski definition) is 4. The van der Waals surface area contributed by atoms with E-state index in [-0.39, 0.29) is 18.3 Å². The predicted octanol–water partition coefficient (Wildman–Crippen LogP) is 2.78. The lowest BCUT2D eigenvalue weighted by Gasteiger charge is -2.32. The van der Waals surface area contributed by atoms with Crippen molar-refractivity contribution >= 4 is 29.9 Å². The average molecular weight is 396 g/mol. The van der Waals surface area contributed by atoms with Crippen molar-refractivity contribution in [2.45, 2.75) is 38.8 Å². The molecule has 0 atom stereocenters. The molecule has 1 aromatic carbocycles. The Balaban J connectivity index is 0.00000196. The maximum absolute atomic E-state index is 12.8. The first-order chi connectivity index (χ1) is 12.1. The largest absolute Gasteiger partial charge is 0.339 e. The number of likely N-dealkylation sites (tertiary alicyclic amines) is 1. The molecule has 6 nitrogen and oxygen atoms in total. The van der Waals surface area contributed by atoms with E-state index in [1.807, 2.05) is 24.0 Å². The molecule has 1 fully saturated rings. The number of hydrogen-bond donors (Lipinski definition) is 1. The second-order valence-electron chi connectivity index (χ2n) is 6.89. The Hall–Kier alpha value is -1.63. The summed E-state index contributed by atoms with van der Waals surface area (Å²) in [5, 5.41) is 12.7. The van der Waals surface area contributed by atoms with Crippen LogP contribution in [-0.4, -0.2) is 45.2 Å². The fourth-order valence-electron chi connectivity index (χ4n) is 3.80. The lowest BCUT2D eigenvalue weighted by Crippen LogP contribution is -2.39. The van der Waals surface area contributed by atoms with Gasteiger partial charge in [0, 0.05) is 42.7 Å². The van der Waals surface area contributed by atoms with Crippen LogP contribution in [0.5, 0.6) is 0 Å². The summed E-state index contributed by atoms with van der Waals surface area (Å²) in [5.41, 5.74) is 1.68. The van der Waals surface area contributed by atoms with Crippen LogP contribution < -0.4 is 5.32 Å². The number of halogens is 2. The van der Waals surface area contributed by atoms with Gasteiger partial charge >= 0.3 is 0 Å². The molecule has 26 heavy (non-hydrogen) atoms. The van der Waals surface area contributed by atoms with Crippen LogP contribution in [0.2, 0.25) is 5.02 Å². The van der Waals surface area contributed by atoms with Gasteiger partial charge in [-0.25, -0.2) is 0 Å². The summed E-state index contributed by atoms with van der Waals surface area (Å²) in [4.78, 5) is 14.7. The van der Waals surface area contributed by atoms with Crippen molar-refractivity contribution in [3.05, 3.63) is 46.0 Å². The van der Waals surface area contributed by atoms with Crippen LogP contribution in [0.1, 0.15) is 46.3 Å². The summed E-state index contributed by atoms with van der Waals surface area (Å²) >= 11 is 6.10. The Morgan fingerprint density at radius 2 is 1.96 bits per heavy atom. The van der Waals surface area contributed by atoms with E-state index < -0.39 is 0 Å². The van der Waals surface area contributed by atoms with Gasteiger partial charge in [0.25, 0.3) is 5.91 Å². The molecule has 0 aliphatic carbocycles. The molecule has 8 heteroatoms. The van der Waals surface area contributed by atoms with Gasteiger partial charge in [-0.3, -0.25) is 4.79 Å². The molecule has 2 aromatic rings. The fraction of sp³-hybridized carbons (Fsp3) is 0.500. The number of rotatable bonds is 2. The van der Waals surface area contributed by atoms with Gasteiger partial charge in [-0.05, 0) is 43.5 Å². The first kappa shape index (κ1) is 19.1. The molecule has 0 radical (unpaired) electrons. The van der Waals surface area contributed by atoms with Crippen LogP contribution in [0, 0.1) is 6.92 Å². The van der Waals surface area contributed by atoms with Crippen LogP contribution in [0.4, 0.5) is 0 Å². The van der Waals surface area contributed by atoms with Crippen molar-refractivity contribution in [3.63, 3.8) is 0 Å². The van der Waals surface area contributed by atoms with Gasteiger partial charge in [-0.2, -0.15) is 0 Å². The number of aromatic nitrogens is 3. The van der Waals surface area contributed by atoms with Crippen LogP contribution in [0.15, 0.2) is 18.2 Å². The molecule has 1 saturated heterocycles. The number of benzene rings is 1. The lowest BCUT2D eigenvalue weighted by molar-refractivity contribution is 0.0710. The van der Waals surface area contributed by atoms with Gasteiger partial charge < -0.3 is 14.8 Å². The predicted molar refractivity (Wildman–Crippen MR) is 103 cm³/mol.